The molecule has 1 aliphatic rings. The summed E-state index contributed by atoms with van der Waals surface area (Å²) in [5.41, 5.74) is 7.25. The van der Waals surface area contributed by atoms with Crippen molar-refractivity contribution in [2.24, 2.45) is 11.1 Å². The number of benzene rings is 1. The Morgan fingerprint density at radius 1 is 1.41 bits per heavy atom. The van der Waals surface area contributed by atoms with Gasteiger partial charge >= 0.3 is 0 Å². The van der Waals surface area contributed by atoms with Crippen LogP contribution in [0.2, 0.25) is 0 Å². The third-order valence-electron chi connectivity index (χ3n) is 3.49. The average Bonchev–Trinajstić information content (AvgIpc) is 2.39. The summed E-state index contributed by atoms with van der Waals surface area (Å²) in [6, 6.07) is 8.21. The highest BCUT2D eigenvalue weighted by atomic mass is 16.5. The lowest BCUT2D eigenvalue weighted by molar-refractivity contribution is 0.0633. The van der Waals surface area contributed by atoms with Crippen molar-refractivity contribution in [2.75, 3.05) is 26.4 Å². The van der Waals surface area contributed by atoms with Gasteiger partial charge in [0.25, 0.3) is 0 Å². The topological polar surface area (TPSA) is 44.5 Å². The fourth-order valence-electron chi connectivity index (χ4n) is 2.30. The summed E-state index contributed by atoms with van der Waals surface area (Å²) < 4.78 is 11.3. The van der Waals surface area contributed by atoms with Gasteiger partial charge in [-0.15, -0.1) is 0 Å². The van der Waals surface area contributed by atoms with Gasteiger partial charge in [0.15, 0.2) is 0 Å². The minimum atomic E-state index is 0.0452. The standard InChI is InChI=1S/C14H21NO2/c1-2-16-8-7-14(10-15)9-12-5-3-4-6-13(12)17-11-14/h3-6H,2,7-11,15H2,1H3. The lowest BCUT2D eigenvalue weighted by Crippen LogP contribution is -2.42. The lowest BCUT2D eigenvalue weighted by Gasteiger charge is -2.37. The van der Waals surface area contributed by atoms with Gasteiger partial charge in [0.05, 0.1) is 6.61 Å². The van der Waals surface area contributed by atoms with E-state index in [2.05, 4.69) is 12.1 Å². The van der Waals surface area contributed by atoms with Gasteiger partial charge < -0.3 is 15.2 Å². The summed E-state index contributed by atoms with van der Waals surface area (Å²) >= 11 is 0. The maximum Gasteiger partial charge on any atom is 0.122 e. The van der Waals surface area contributed by atoms with Gasteiger partial charge in [-0.2, -0.15) is 0 Å². The molecule has 1 aliphatic heterocycles. The zero-order chi connectivity index (χ0) is 12.1. The summed E-state index contributed by atoms with van der Waals surface area (Å²) in [6.45, 7) is 4.89. The highest BCUT2D eigenvalue weighted by molar-refractivity contribution is 5.36. The van der Waals surface area contributed by atoms with Crippen LogP contribution >= 0.6 is 0 Å². The van der Waals surface area contributed by atoms with Gasteiger partial charge in [-0.05, 0) is 31.4 Å². The van der Waals surface area contributed by atoms with Crippen LogP contribution < -0.4 is 10.5 Å². The van der Waals surface area contributed by atoms with Crippen LogP contribution in [0.5, 0.6) is 5.75 Å². The van der Waals surface area contributed by atoms with Gasteiger partial charge in [0, 0.05) is 25.2 Å². The Kier molecular flexibility index (Phi) is 4.02. The van der Waals surface area contributed by atoms with Gasteiger partial charge in [-0.1, -0.05) is 18.2 Å². The van der Waals surface area contributed by atoms with Crippen molar-refractivity contribution >= 4 is 0 Å². The van der Waals surface area contributed by atoms with E-state index < -0.39 is 0 Å². The minimum Gasteiger partial charge on any atom is -0.493 e. The summed E-state index contributed by atoms with van der Waals surface area (Å²) in [7, 11) is 0. The Hall–Kier alpha value is -1.06. The molecule has 1 heterocycles. The molecule has 0 radical (unpaired) electrons. The second-order valence-corrected chi connectivity index (χ2v) is 4.72. The van der Waals surface area contributed by atoms with Crippen LogP contribution in [-0.2, 0) is 11.2 Å². The van der Waals surface area contributed by atoms with Crippen molar-refractivity contribution in [1.82, 2.24) is 0 Å². The fourth-order valence-corrected chi connectivity index (χ4v) is 2.30. The molecular formula is C14H21NO2. The van der Waals surface area contributed by atoms with E-state index in [0.29, 0.717) is 13.2 Å². The van der Waals surface area contributed by atoms with Crippen LogP contribution in [0, 0.1) is 5.41 Å². The predicted octanol–water partition coefficient (Wildman–Crippen LogP) is 1.99. The molecule has 3 nitrogen and oxygen atoms in total. The van der Waals surface area contributed by atoms with Crippen LogP contribution in [0.3, 0.4) is 0 Å². The summed E-state index contributed by atoms with van der Waals surface area (Å²) in [5, 5.41) is 0. The molecule has 2 N–H and O–H groups in total. The largest absolute Gasteiger partial charge is 0.493 e. The van der Waals surface area contributed by atoms with Crippen molar-refractivity contribution in [3.8, 4) is 5.75 Å². The van der Waals surface area contributed by atoms with E-state index in [1.807, 2.05) is 19.1 Å². The van der Waals surface area contributed by atoms with E-state index in [-0.39, 0.29) is 5.41 Å². The van der Waals surface area contributed by atoms with E-state index in [9.17, 15) is 0 Å². The monoisotopic (exact) mass is 235 g/mol. The maximum absolute atomic E-state index is 5.94. The number of ether oxygens (including phenoxy) is 2. The molecule has 3 heteroatoms. The molecule has 0 saturated heterocycles. The number of rotatable bonds is 5. The average molecular weight is 235 g/mol. The van der Waals surface area contributed by atoms with Crippen molar-refractivity contribution in [3.05, 3.63) is 29.8 Å². The Bertz CT molecular complexity index is 367. The van der Waals surface area contributed by atoms with E-state index >= 15 is 0 Å². The highest BCUT2D eigenvalue weighted by Gasteiger charge is 2.34. The quantitative estimate of drug-likeness (QED) is 0.794. The van der Waals surface area contributed by atoms with Crippen molar-refractivity contribution in [1.29, 1.82) is 0 Å². The van der Waals surface area contributed by atoms with E-state index in [4.69, 9.17) is 15.2 Å². The van der Waals surface area contributed by atoms with Crippen LogP contribution in [0.25, 0.3) is 0 Å². The molecule has 1 aromatic rings. The molecule has 2 rings (SSSR count). The van der Waals surface area contributed by atoms with Crippen LogP contribution in [-0.4, -0.2) is 26.4 Å². The molecule has 0 aromatic heterocycles. The first-order valence-corrected chi connectivity index (χ1v) is 6.28. The molecule has 0 fully saturated rings. The Balaban J connectivity index is 2.06. The van der Waals surface area contributed by atoms with E-state index in [1.54, 1.807) is 0 Å². The molecule has 0 bridgehead atoms. The summed E-state index contributed by atoms with van der Waals surface area (Å²) in [4.78, 5) is 0. The predicted molar refractivity (Wildman–Crippen MR) is 68.2 cm³/mol. The van der Waals surface area contributed by atoms with Crippen LogP contribution in [0.15, 0.2) is 24.3 Å². The molecule has 0 spiro atoms. The minimum absolute atomic E-state index is 0.0452. The molecule has 1 atom stereocenters. The summed E-state index contributed by atoms with van der Waals surface area (Å²) in [6.07, 6.45) is 1.96. The number of para-hydroxylation sites is 1. The normalized spacial score (nSPS) is 22.9. The maximum atomic E-state index is 5.94. The molecule has 94 valence electrons. The van der Waals surface area contributed by atoms with Crippen LogP contribution in [0.4, 0.5) is 0 Å². The second kappa shape index (κ2) is 5.52. The van der Waals surface area contributed by atoms with Crippen LogP contribution in [0.1, 0.15) is 18.9 Å². The van der Waals surface area contributed by atoms with Crippen molar-refractivity contribution in [3.63, 3.8) is 0 Å². The Morgan fingerprint density at radius 3 is 3.00 bits per heavy atom. The van der Waals surface area contributed by atoms with E-state index in [1.165, 1.54) is 5.56 Å². The zero-order valence-electron chi connectivity index (χ0n) is 10.4. The summed E-state index contributed by atoms with van der Waals surface area (Å²) in [5.74, 6) is 1.01. The Labute approximate surface area is 103 Å². The highest BCUT2D eigenvalue weighted by Crippen LogP contribution is 2.36. The SMILES string of the molecule is CCOCCC1(CN)COc2ccccc2C1. The fraction of sp³-hybridized carbons (Fsp3) is 0.571. The van der Waals surface area contributed by atoms with Gasteiger partial charge in [-0.3, -0.25) is 0 Å². The lowest BCUT2D eigenvalue weighted by atomic mass is 9.78. The molecular weight excluding hydrogens is 214 g/mol. The van der Waals surface area contributed by atoms with Gasteiger partial charge in [-0.25, -0.2) is 0 Å². The third-order valence-corrected chi connectivity index (χ3v) is 3.49. The first-order valence-electron chi connectivity index (χ1n) is 6.28. The van der Waals surface area contributed by atoms with Crippen molar-refractivity contribution < 1.29 is 9.47 Å². The van der Waals surface area contributed by atoms with E-state index in [0.717, 1.165) is 31.8 Å². The zero-order valence-corrected chi connectivity index (χ0v) is 10.4. The number of hydrogen-bond acceptors (Lipinski definition) is 3. The van der Waals surface area contributed by atoms with Gasteiger partial charge in [0.1, 0.15) is 5.75 Å². The van der Waals surface area contributed by atoms with Crippen molar-refractivity contribution in [2.45, 2.75) is 19.8 Å². The molecule has 1 unspecified atom stereocenters. The number of hydrogen-bond donors (Lipinski definition) is 1. The number of nitrogens with two attached hydrogens (primary N) is 1. The molecule has 0 aliphatic carbocycles. The third kappa shape index (κ3) is 2.79. The Morgan fingerprint density at radius 2 is 2.24 bits per heavy atom. The van der Waals surface area contributed by atoms with Gasteiger partial charge in [0.2, 0.25) is 0 Å². The number of fused-ring (bicyclic) bond motifs is 1. The second-order valence-electron chi connectivity index (χ2n) is 4.72. The molecule has 0 amide bonds. The first-order chi connectivity index (χ1) is 8.29. The first kappa shape index (κ1) is 12.4. The molecule has 17 heavy (non-hydrogen) atoms. The smallest absolute Gasteiger partial charge is 0.122 e. The molecule has 0 saturated carbocycles. The molecule has 1 aromatic carbocycles.